The summed E-state index contributed by atoms with van der Waals surface area (Å²) < 4.78 is 0. The van der Waals surface area contributed by atoms with Crippen LogP contribution in [0.5, 0.6) is 0 Å². The van der Waals surface area contributed by atoms with Crippen molar-refractivity contribution in [1.82, 2.24) is 4.98 Å². The number of thiophene rings is 1. The quantitative estimate of drug-likeness (QED) is 0.909. The third-order valence-corrected chi connectivity index (χ3v) is 5.06. The summed E-state index contributed by atoms with van der Waals surface area (Å²) in [5.74, 6) is 1.02. The largest absolute Gasteiger partial charge is 0.369 e. The van der Waals surface area contributed by atoms with Crippen LogP contribution in [0.15, 0.2) is 29.6 Å². The molecule has 0 saturated carbocycles. The zero-order chi connectivity index (χ0) is 13.3. The highest BCUT2D eigenvalue weighted by atomic mass is 32.1. The Hall–Kier alpha value is -1.35. The molecule has 3 rings (SSSR count). The molecule has 2 aromatic heterocycles. The Bertz CT molecular complexity index is 558. The number of fused-ring (bicyclic) bond motifs is 1. The molecule has 1 aliphatic rings. The van der Waals surface area contributed by atoms with E-state index in [2.05, 4.69) is 48.8 Å². The van der Waals surface area contributed by atoms with Crippen molar-refractivity contribution in [3.8, 4) is 0 Å². The predicted molar refractivity (Wildman–Crippen MR) is 82.1 cm³/mol. The van der Waals surface area contributed by atoms with Gasteiger partial charge in [0.15, 0.2) is 0 Å². The zero-order valence-corrected chi connectivity index (χ0v) is 12.4. The Labute approximate surface area is 118 Å². The molecule has 1 N–H and O–H groups in total. The van der Waals surface area contributed by atoms with E-state index in [1.165, 1.54) is 29.0 Å². The lowest BCUT2D eigenvalue weighted by molar-refractivity contribution is 0.568. The normalized spacial score (nSPS) is 14.4. The van der Waals surface area contributed by atoms with E-state index in [-0.39, 0.29) is 5.41 Å². The highest BCUT2D eigenvalue weighted by Crippen LogP contribution is 2.28. The fraction of sp³-hybridized carbons (Fsp3) is 0.438. The molecule has 0 aromatic carbocycles. The maximum atomic E-state index is 4.73. The van der Waals surface area contributed by atoms with E-state index < -0.39 is 0 Å². The van der Waals surface area contributed by atoms with Crippen LogP contribution in [0, 0.1) is 0 Å². The fourth-order valence-corrected chi connectivity index (χ4v) is 3.43. The van der Waals surface area contributed by atoms with Crippen molar-refractivity contribution < 1.29 is 0 Å². The first-order chi connectivity index (χ1) is 9.15. The van der Waals surface area contributed by atoms with Crippen molar-refractivity contribution >= 4 is 17.2 Å². The van der Waals surface area contributed by atoms with Gasteiger partial charge < -0.3 is 5.32 Å². The monoisotopic (exact) mass is 272 g/mol. The topological polar surface area (TPSA) is 24.9 Å². The van der Waals surface area contributed by atoms with Crippen molar-refractivity contribution in [2.45, 2.75) is 38.5 Å². The van der Waals surface area contributed by atoms with Gasteiger partial charge in [0, 0.05) is 22.5 Å². The van der Waals surface area contributed by atoms with Crippen LogP contribution < -0.4 is 5.32 Å². The molecular weight excluding hydrogens is 252 g/mol. The van der Waals surface area contributed by atoms with Gasteiger partial charge in [-0.05, 0) is 42.3 Å². The van der Waals surface area contributed by atoms with Gasteiger partial charge in [-0.3, -0.25) is 0 Å². The third-order valence-electron chi connectivity index (χ3n) is 3.83. The summed E-state index contributed by atoms with van der Waals surface area (Å²) in [7, 11) is 0. The number of anilines is 1. The summed E-state index contributed by atoms with van der Waals surface area (Å²) in [6, 6.07) is 8.68. The molecule has 2 nitrogen and oxygen atoms in total. The van der Waals surface area contributed by atoms with Crippen LogP contribution in [0.1, 0.15) is 36.4 Å². The summed E-state index contributed by atoms with van der Waals surface area (Å²) in [6.45, 7) is 5.47. The first-order valence-electron chi connectivity index (χ1n) is 6.92. The highest BCUT2D eigenvalue weighted by molar-refractivity contribution is 7.10. The minimum absolute atomic E-state index is 0.148. The number of pyridine rings is 1. The highest BCUT2D eigenvalue weighted by Gasteiger charge is 2.22. The summed E-state index contributed by atoms with van der Waals surface area (Å²) in [5, 5.41) is 5.64. The van der Waals surface area contributed by atoms with Crippen molar-refractivity contribution in [3.63, 3.8) is 0 Å². The molecule has 2 heterocycles. The second-order valence-corrected chi connectivity index (χ2v) is 6.82. The molecule has 0 fully saturated rings. The van der Waals surface area contributed by atoms with Gasteiger partial charge in [0.25, 0.3) is 0 Å². The molecular formula is C16H20N2S. The van der Waals surface area contributed by atoms with Gasteiger partial charge in [0.1, 0.15) is 5.82 Å². The molecule has 0 bridgehead atoms. The number of aryl methyl sites for hydroxylation is 2. The van der Waals surface area contributed by atoms with E-state index in [9.17, 15) is 0 Å². The lowest BCUT2D eigenvalue weighted by atomic mass is 9.91. The molecule has 0 amide bonds. The Morgan fingerprint density at radius 3 is 2.95 bits per heavy atom. The number of rotatable bonds is 4. The van der Waals surface area contributed by atoms with Crippen LogP contribution in [0.4, 0.5) is 5.82 Å². The van der Waals surface area contributed by atoms with Crippen molar-refractivity contribution in [3.05, 3.63) is 45.8 Å². The Kier molecular flexibility index (Phi) is 3.31. The SMILES string of the molecule is CC(C)(CNc1ccc2c(n1)CCC2)c1cccs1. The van der Waals surface area contributed by atoms with Crippen LogP contribution in [-0.2, 0) is 18.3 Å². The van der Waals surface area contributed by atoms with Crippen molar-refractivity contribution in [1.29, 1.82) is 0 Å². The average molecular weight is 272 g/mol. The summed E-state index contributed by atoms with van der Waals surface area (Å²) >= 11 is 1.82. The molecule has 2 aromatic rings. The number of aromatic nitrogens is 1. The van der Waals surface area contributed by atoms with Crippen molar-refractivity contribution in [2.75, 3.05) is 11.9 Å². The minimum Gasteiger partial charge on any atom is -0.369 e. The molecule has 0 spiro atoms. The van der Waals surface area contributed by atoms with E-state index in [1.54, 1.807) is 0 Å². The average Bonchev–Trinajstić information content (AvgIpc) is 3.07. The first-order valence-corrected chi connectivity index (χ1v) is 7.80. The van der Waals surface area contributed by atoms with Gasteiger partial charge in [0.2, 0.25) is 0 Å². The zero-order valence-electron chi connectivity index (χ0n) is 11.6. The number of hydrogen-bond acceptors (Lipinski definition) is 3. The molecule has 100 valence electrons. The predicted octanol–water partition coefficient (Wildman–Crippen LogP) is 4.02. The molecule has 3 heteroatoms. The van der Waals surface area contributed by atoms with Crippen LogP contribution in [0.2, 0.25) is 0 Å². The molecule has 0 radical (unpaired) electrons. The van der Waals surface area contributed by atoms with Gasteiger partial charge in [-0.2, -0.15) is 0 Å². The lowest BCUT2D eigenvalue weighted by Gasteiger charge is -2.24. The van der Waals surface area contributed by atoms with E-state index in [1.807, 2.05) is 11.3 Å². The summed E-state index contributed by atoms with van der Waals surface area (Å²) in [5.41, 5.74) is 2.87. The van der Waals surface area contributed by atoms with Crippen LogP contribution in [0.3, 0.4) is 0 Å². The number of nitrogens with one attached hydrogen (secondary N) is 1. The van der Waals surface area contributed by atoms with E-state index in [0.717, 1.165) is 18.8 Å². The smallest absolute Gasteiger partial charge is 0.126 e. The second kappa shape index (κ2) is 4.97. The maximum Gasteiger partial charge on any atom is 0.126 e. The van der Waals surface area contributed by atoms with Crippen LogP contribution in [-0.4, -0.2) is 11.5 Å². The second-order valence-electron chi connectivity index (χ2n) is 5.87. The minimum atomic E-state index is 0.148. The number of nitrogens with zero attached hydrogens (tertiary/aromatic N) is 1. The van der Waals surface area contributed by atoms with E-state index >= 15 is 0 Å². The summed E-state index contributed by atoms with van der Waals surface area (Å²) in [6.07, 6.45) is 3.59. The maximum absolute atomic E-state index is 4.73. The first kappa shape index (κ1) is 12.7. The van der Waals surface area contributed by atoms with Crippen molar-refractivity contribution in [2.24, 2.45) is 0 Å². The van der Waals surface area contributed by atoms with E-state index in [4.69, 9.17) is 4.98 Å². The lowest BCUT2D eigenvalue weighted by Crippen LogP contribution is -2.26. The Morgan fingerprint density at radius 2 is 2.16 bits per heavy atom. The molecule has 0 saturated heterocycles. The fourth-order valence-electron chi connectivity index (χ4n) is 2.58. The Balaban J connectivity index is 1.69. The molecule has 1 aliphatic carbocycles. The van der Waals surface area contributed by atoms with Crippen LogP contribution >= 0.6 is 11.3 Å². The van der Waals surface area contributed by atoms with Gasteiger partial charge in [-0.25, -0.2) is 4.98 Å². The van der Waals surface area contributed by atoms with Gasteiger partial charge in [0.05, 0.1) is 0 Å². The standard InChI is InChI=1S/C16H20N2S/c1-16(2,14-7-4-10-19-14)11-17-15-9-8-12-5-3-6-13(12)18-15/h4,7-10H,3,5-6,11H2,1-2H3,(H,17,18). The Morgan fingerprint density at radius 1 is 1.26 bits per heavy atom. The van der Waals surface area contributed by atoms with E-state index in [0.29, 0.717) is 0 Å². The van der Waals surface area contributed by atoms with Gasteiger partial charge >= 0.3 is 0 Å². The number of hydrogen-bond donors (Lipinski definition) is 1. The molecule has 0 atom stereocenters. The molecule has 0 aliphatic heterocycles. The van der Waals surface area contributed by atoms with Gasteiger partial charge in [-0.1, -0.05) is 26.0 Å². The van der Waals surface area contributed by atoms with Gasteiger partial charge in [-0.15, -0.1) is 11.3 Å². The molecule has 0 unspecified atom stereocenters. The van der Waals surface area contributed by atoms with Crippen LogP contribution in [0.25, 0.3) is 0 Å². The molecule has 19 heavy (non-hydrogen) atoms. The third kappa shape index (κ3) is 2.66. The summed E-state index contributed by atoms with van der Waals surface area (Å²) in [4.78, 5) is 6.15.